The van der Waals surface area contributed by atoms with E-state index in [-0.39, 0.29) is 18.2 Å². The van der Waals surface area contributed by atoms with Crippen LogP contribution in [0.15, 0.2) is 53.5 Å². The molecule has 0 saturated carbocycles. The Morgan fingerprint density at radius 2 is 1.89 bits per heavy atom. The Hall–Kier alpha value is -2.19. The molecule has 3 aromatic rings. The molecule has 2 N–H and O–H groups in total. The van der Waals surface area contributed by atoms with Crippen LogP contribution in [-0.2, 0) is 12.8 Å². The molecule has 1 aromatic heterocycles. The van der Waals surface area contributed by atoms with Crippen molar-refractivity contribution in [3.63, 3.8) is 0 Å². The molecule has 6 heteroatoms. The third-order valence-electron chi connectivity index (χ3n) is 4.75. The van der Waals surface area contributed by atoms with E-state index >= 15 is 0 Å². The van der Waals surface area contributed by atoms with Crippen LogP contribution in [0.3, 0.4) is 0 Å². The van der Waals surface area contributed by atoms with Gasteiger partial charge in [0.2, 0.25) is 5.43 Å². The number of halogens is 1. The number of carboxylic acids is 1. The van der Waals surface area contributed by atoms with Crippen LogP contribution in [0.4, 0.5) is 0 Å². The molecule has 0 saturated heterocycles. The first-order valence-electron chi connectivity index (χ1n) is 8.72. The summed E-state index contributed by atoms with van der Waals surface area (Å²) in [5.41, 5.74) is 1.77. The number of hydrogen-bond donors (Lipinski definition) is 2. The number of aromatic nitrogens is 1. The van der Waals surface area contributed by atoms with Gasteiger partial charge in [0.25, 0.3) is 0 Å². The molecule has 0 aliphatic carbocycles. The highest BCUT2D eigenvalue weighted by molar-refractivity contribution is 14.1. The van der Waals surface area contributed by atoms with Crippen LogP contribution in [0.2, 0.25) is 0 Å². The Morgan fingerprint density at radius 1 is 1.19 bits per heavy atom. The number of pyridine rings is 1. The van der Waals surface area contributed by atoms with Gasteiger partial charge in [-0.15, -0.1) is 0 Å². The van der Waals surface area contributed by atoms with Crippen LogP contribution < -0.4 is 5.43 Å². The van der Waals surface area contributed by atoms with Gasteiger partial charge in [-0.25, -0.2) is 4.79 Å². The summed E-state index contributed by atoms with van der Waals surface area (Å²) in [5, 5.41) is 20.0. The van der Waals surface area contributed by atoms with Gasteiger partial charge in [0.1, 0.15) is 5.56 Å². The number of fused-ring (bicyclic) bond motifs is 1. The van der Waals surface area contributed by atoms with Crippen molar-refractivity contribution >= 4 is 39.5 Å². The smallest absolute Gasteiger partial charge is 0.341 e. The van der Waals surface area contributed by atoms with E-state index in [4.69, 9.17) is 0 Å². The fraction of sp³-hybridized carbons (Fsp3) is 0.238. The second-order valence-electron chi connectivity index (χ2n) is 6.38. The topological polar surface area (TPSA) is 79.5 Å². The number of aliphatic hydroxyl groups is 1. The maximum absolute atomic E-state index is 12.9. The van der Waals surface area contributed by atoms with Crippen molar-refractivity contribution < 1.29 is 15.0 Å². The van der Waals surface area contributed by atoms with Crippen LogP contribution in [0.1, 0.15) is 34.5 Å². The lowest BCUT2D eigenvalue weighted by molar-refractivity contribution is 0.0694. The zero-order chi connectivity index (χ0) is 19.6. The zero-order valence-corrected chi connectivity index (χ0v) is 17.0. The third kappa shape index (κ3) is 3.77. The number of aliphatic hydroxyl groups excluding tert-OH is 1. The minimum Gasteiger partial charge on any atom is -0.477 e. The Balaban J connectivity index is 2.29. The minimum absolute atomic E-state index is 0.167. The van der Waals surface area contributed by atoms with Crippen molar-refractivity contribution in [2.75, 3.05) is 6.61 Å². The fourth-order valence-electron chi connectivity index (χ4n) is 3.42. The molecule has 0 aliphatic rings. The molecule has 1 unspecified atom stereocenters. The largest absolute Gasteiger partial charge is 0.477 e. The molecule has 5 nitrogen and oxygen atoms in total. The molecule has 140 valence electrons. The Labute approximate surface area is 170 Å². The van der Waals surface area contributed by atoms with E-state index in [1.165, 1.54) is 6.20 Å². The first-order chi connectivity index (χ1) is 13.0. The second-order valence-corrected chi connectivity index (χ2v) is 7.55. The molecule has 1 atom stereocenters. The number of benzene rings is 2. The van der Waals surface area contributed by atoms with Crippen molar-refractivity contribution in [1.82, 2.24) is 4.57 Å². The van der Waals surface area contributed by atoms with Gasteiger partial charge in [0.15, 0.2) is 0 Å². The molecular formula is C21H20INO4. The highest BCUT2D eigenvalue weighted by atomic mass is 127. The summed E-state index contributed by atoms with van der Waals surface area (Å²) >= 11 is 2.17. The third-order valence-corrected chi connectivity index (χ3v) is 5.76. The van der Waals surface area contributed by atoms with Crippen molar-refractivity contribution in [2.45, 2.75) is 25.8 Å². The molecule has 0 bridgehead atoms. The van der Waals surface area contributed by atoms with Gasteiger partial charge in [-0.1, -0.05) is 37.3 Å². The van der Waals surface area contributed by atoms with Crippen LogP contribution in [0, 0.1) is 3.57 Å². The van der Waals surface area contributed by atoms with Crippen molar-refractivity contribution in [3.8, 4) is 0 Å². The van der Waals surface area contributed by atoms with Gasteiger partial charge in [0.05, 0.1) is 23.6 Å². The van der Waals surface area contributed by atoms with E-state index in [9.17, 15) is 19.8 Å². The molecule has 0 aliphatic heterocycles. The van der Waals surface area contributed by atoms with E-state index in [1.54, 1.807) is 4.57 Å². The lowest BCUT2D eigenvalue weighted by Crippen LogP contribution is -2.24. The maximum Gasteiger partial charge on any atom is 0.341 e. The Morgan fingerprint density at radius 3 is 2.48 bits per heavy atom. The Kier molecular flexibility index (Phi) is 5.96. The van der Waals surface area contributed by atoms with E-state index in [0.717, 1.165) is 14.7 Å². The number of aryl methyl sites for hydroxylation is 1. The minimum atomic E-state index is -1.26. The number of nitrogens with zero attached hydrogens (tertiary/aromatic N) is 1. The summed E-state index contributed by atoms with van der Waals surface area (Å²) in [6.07, 6.45) is 2.52. The van der Waals surface area contributed by atoms with Crippen molar-refractivity contribution in [1.29, 1.82) is 0 Å². The van der Waals surface area contributed by atoms with E-state index in [2.05, 4.69) is 22.6 Å². The number of aromatic carboxylic acids is 1. The summed E-state index contributed by atoms with van der Waals surface area (Å²) < 4.78 is 2.67. The summed E-state index contributed by atoms with van der Waals surface area (Å²) in [4.78, 5) is 24.6. The average molecular weight is 477 g/mol. The monoisotopic (exact) mass is 477 g/mol. The standard InChI is InChI=1S/C21H20INO4/c1-2-15-17(22)8-9-18-19(15)20(25)16(21(26)27)11-23(18)14(12-24)10-13-6-4-3-5-7-13/h3-9,11,14,24H,2,10,12H2,1H3,(H,26,27). The highest BCUT2D eigenvalue weighted by Gasteiger charge is 2.21. The van der Waals surface area contributed by atoms with E-state index in [0.29, 0.717) is 23.7 Å². The Bertz CT molecular complexity index is 1040. The molecule has 0 radical (unpaired) electrons. The second kappa shape index (κ2) is 8.22. The first kappa shape index (κ1) is 19.6. The van der Waals surface area contributed by atoms with Crippen LogP contribution in [0.25, 0.3) is 10.9 Å². The highest BCUT2D eigenvalue weighted by Crippen LogP contribution is 2.26. The van der Waals surface area contributed by atoms with Gasteiger partial charge in [-0.3, -0.25) is 4.79 Å². The summed E-state index contributed by atoms with van der Waals surface area (Å²) in [7, 11) is 0. The molecule has 2 aromatic carbocycles. The van der Waals surface area contributed by atoms with Gasteiger partial charge >= 0.3 is 5.97 Å². The SMILES string of the molecule is CCc1c(I)ccc2c1c(=O)c(C(=O)O)cn2C(CO)Cc1ccccc1. The molecule has 0 spiro atoms. The van der Waals surface area contributed by atoms with Gasteiger partial charge in [0, 0.05) is 9.77 Å². The van der Waals surface area contributed by atoms with Crippen LogP contribution in [0.5, 0.6) is 0 Å². The fourth-order valence-corrected chi connectivity index (χ4v) is 4.25. The van der Waals surface area contributed by atoms with Crippen molar-refractivity contribution in [2.24, 2.45) is 0 Å². The quantitative estimate of drug-likeness (QED) is 0.532. The van der Waals surface area contributed by atoms with Crippen LogP contribution >= 0.6 is 22.6 Å². The van der Waals surface area contributed by atoms with Gasteiger partial charge in [-0.2, -0.15) is 0 Å². The van der Waals surface area contributed by atoms with Gasteiger partial charge < -0.3 is 14.8 Å². The average Bonchev–Trinajstić information content (AvgIpc) is 2.67. The molecule has 27 heavy (non-hydrogen) atoms. The summed E-state index contributed by atoms with van der Waals surface area (Å²) in [6, 6.07) is 13.1. The number of hydrogen-bond acceptors (Lipinski definition) is 3. The lowest BCUT2D eigenvalue weighted by Gasteiger charge is -2.23. The summed E-state index contributed by atoms with van der Waals surface area (Å²) in [6.45, 7) is 1.78. The van der Waals surface area contributed by atoms with E-state index < -0.39 is 11.4 Å². The number of carbonyl (C=O) groups is 1. The number of rotatable bonds is 6. The summed E-state index contributed by atoms with van der Waals surface area (Å²) in [5.74, 6) is -1.26. The normalized spacial score (nSPS) is 12.3. The van der Waals surface area contributed by atoms with Crippen LogP contribution in [-0.4, -0.2) is 27.4 Å². The predicted octanol–water partition coefficient (Wildman–Crippen LogP) is 3.64. The molecule has 3 rings (SSSR count). The van der Waals surface area contributed by atoms with Gasteiger partial charge in [-0.05, 0) is 58.7 Å². The van der Waals surface area contributed by atoms with Crippen molar-refractivity contribution in [3.05, 3.63) is 79.1 Å². The molecule has 0 amide bonds. The lowest BCUT2D eigenvalue weighted by atomic mass is 10.0. The zero-order valence-electron chi connectivity index (χ0n) is 14.9. The molecule has 0 fully saturated rings. The molecular weight excluding hydrogens is 457 g/mol. The number of carboxylic acid groups (broad SMARTS) is 1. The predicted molar refractivity (Wildman–Crippen MR) is 114 cm³/mol. The first-order valence-corrected chi connectivity index (χ1v) is 9.80. The maximum atomic E-state index is 12.9. The van der Waals surface area contributed by atoms with E-state index in [1.807, 2.05) is 49.4 Å². The molecule has 1 heterocycles.